The van der Waals surface area contributed by atoms with Gasteiger partial charge in [-0.3, -0.25) is 4.79 Å². The van der Waals surface area contributed by atoms with Crippen LogP contribution in [0.3, 0.4) is 0 Å². The number of aliphatic hydroxyl groups excluding tert-OH is 1. The van der Waals surface area contributed by atoms with E-state index in [2.05, 4.69) is 0 Å². The summed E-state index contributed by atoms with van der Waals surface area (Å²) in [4.78, 5) is 13.3. The Morgan fingerprint density at radius 2 is 2.43 bits per heavy atom. The number of carbonyl (C=O) groups excluding carboxylic acids is 1. The number of aliphatic hydroxyl groups is 1. The molecule has 1 saturated heterocycles. The summed E-state index contributed by atoms with van der Waals surface area (Å²) in [5.74, 6) is -0.147. The smallest absolute Gasteiger partial charge is 0.251 e. The number of likely N-dealkylation sites (tertiary alicyclic amines) is 1. The minimum absolute atomic E-state index is 0.146. The molecule has 1 aliphatic heterocycles. The van der Waals surface area contributed by atoms with Crippen LogP contribution in [0.25, 0.3) is 0 Å². The summed E-state index contributed by atoms with van der Waals surface area (Å²) in [7, 11) is 1.65. The van der Waals surface area contributed by atoms with Crippen LogP contribution in [0.15, 0.2) is 0 Å². The van der Waals surface area contributed by atoms with E-state index in [0.717, 1.165) is 12.8 Å². The summed E-state index contributed by atoms with van der Waals surface area (Å²) in [6.45, 7) is 3.28. The third kappa shape index (κ3) is 2.69. The van der Waals surface area contributed by atoms with Crippen molar-refractivity contribution in [3.05, 3.63) is 0 Å². The second-order valence-corrected chi connectivity index (χ2v) is 3.74. The Kier molecular flexibility index (Phi) is 4.35. The quantitative estimate of drug-likeness (QED) is 0.716. The van der Waals surface area contributed by atoms with Crippen LogP contribution in [0.1, 0.15) is 26.2 Å². The molecule has 0 aromatic carbocycles. The van der Waals surface area contributed by atoms with Crippen molar-refractivity contribution in [3.63, 3.8) is 0 Å². The first-order valence-electron chi connectivity index (χ1n) is 5.18. The summed E-state index contributed by atoms with van der Waals surface area (Å²) >= 11 is 0. The molecule has 1 aliphatic rings. The topological polar surface area (TPSA) is 49.8 Å². The minimum atomic E-state index is -0.824. The summed E-state index contributed by atoms with van der Waals surface area (Å²) in [5, 5.41) is 9.51. The van der Waals surface area contributed by atoms with Crippen molar-refractivity contribution in [2.24, 2.45) is 0 Å². The lowest BCUT2D eigenvalue weighted by molar-refractivity contribution is -0.139. The molecule has 4 nitrogen and oxygen atoms in total. The van der Waals surface area contributed by atoms with Gasteiger partial charge in [-0.05, 0) is 12.8 Å². The average molecular weight is 201 g/mol. The van der Waals surface area contributed by atoms with Crippen LogP contribution < -0.4 is 0 Å². The number of hydrogen-bond acceptors (Lipinski definition) is 3. The molecule has 1 amide bonds. The van der Waals surface area contributed by atoms with Crippen molar-refractivity contribution < 1.29 is 14.6 Å². The SMILES string of the molecule is CCCC(O)C(=O)N1CCC(OC)C1. The fourth-order valence-corrected chi connectivity index (χ4v) is 1.73. The standard InChI is InChI=1S/C10H19NO3/c1-3-4-9(12)10(13)11-6-5-8(7-11)14-2/h8-9,12H,3-7H2,1-2H3. The zero-order valence-corrected chi connectivity index (χ0v) is 8.90. The Morgan fingerprint density at radius 1 is 1.71 bits per heavy atom. The Hall–Kier alpha value is -0.610. The second-order valence-electron chi connectivity index (χ2n) is 3.74. The predicted octanol–water partition coefficient (Wildman–Crippen LogP) is 0.395. The van der Waals surface area contributed by atoms with E-state index in [-0.39, 0.29) is 12.0 Å². The van der Waals surface area contributed by atoms with Crippen molar-refractivity contribution in [2.45, 2.75) is 38.4 Å². The highest BCUT2D eigenvalue weighted by molar-refractivity contribution is 5.80. The molecule has 0 radical (unpaired) electrons. The van der Waals surface area contributed by atoms with Crippen LogP contribution in [-0.2, 0) is 9.53 Å². The first-order valence-corrected chi connectivity index (χ1v) is 5.18. The Labute approximate surface area is 84.8 Å². The number of rotatable bonds is 4. The number of nitrogens with zero attached hydrogens (tertiary/aromatic N) is 1. The number of ether oxygens (including phenoxy) is 1. The molecule has 0 aliphatic carbocycles. The predicted molar refractivity (Wildman–Crippen MR) is 52.9 cm³/mol. The fourth-order valence-electron chi connectivity index (χ4n) is 1.73. The molecule has 14 heavy (non-hydrogen) atoms. The van der Waals surface area contributed by atoms with Gasteiger partial charge in [-0.25, -0.2) is 0 Å². The van der Waals surface area contributed by atoms with E-state index in [4.69, 9.17) is 4.74 Å². The van der Waals surface area contributed by atoms with Gasteiger partial charge in [0.05, 0.1) is 6.10 Å². The zero-order chi connectivity index (χ0) is 10.6. The molecule has 0 aromatic heterocycles. The lowest BCUT2D eigenvalue weighted by Crippen LogP contribution is -2.38. The van der Waals surface area contributed by atoms with Gasteiger partial charge in [-0.2, -0.15) is 0 Å². The molecule has 1 N–H and O–H groups in total. The van der Waals surface area contributed by atoms with Gasteiger partial charge in [0.25, 0.3) is 5.91 Å². The van der Waals surface area contributed by atoms with E-state index >= 15 is 0 Å². The summed E-state index contributed by atoms with van der Waals surface area (Å²) in [6.07, 6.45) is 1.58. The molecule has 82 valence electrons. The van der Waals surface area contributed by atoms with Crippen molar-refractivity contribution in [1.29, 1.82) is 0 Å². The van der Waals surface area contributed by atoms with E-state index in [1.807, 2.05) is 6.92 Å². The average Bonchev–Trinajstić information content (AvgIpc) is 2.65. The zero-order valence-electron chi connectivity index (χ0n) is 8.90. The Morgan fingerprint density at radius 3 is 2.93 bits per heavy atom. The molecule has 0 spiro atoms. The van der Waals surface area contributed by atoms with Gasteiger partial charge >= 0.3 is 0 Å². The summed E-state index contributed by atoms with van der Waals surface area (Å²) in [6, 6.07) is 0. The molecule has 1 rings (SSSR count). The Bertz CT molecular complexity index is 196. The molecule has 4 heteroatoms. The van der Waals surface area contributed by atoms with Crippen LogP contribution in [-0.4, -0.2) is 48.3 Å². The maximum atomic E-state index is 11.6. The largest absolute Gasteiger partial charge is 0.383 e. The van der Waals surface area contributed by atoms with Gasteiger partial charge in [0.15, 0.2) is 0 Å². The highest BCUT2D eigenvalue weighted by atomic mass is 16.5. The van der Waals surface area contributed by atoms with E-state index in [1.165, 1.54) is 0 Å². The first kappa shape index (κ1) is 11.5. The van der Waals surface area contributed by atoms with Crippen molar-refractivity contribution in [1.82, 2.24) is 4.90 Å². The minimum Gasteiger partial charge on any atom is -0.383 e. The van der Waals surface area contributed by atoms with Gasteiger partial charge in [-0.1, -0.05) is 13.3 Å². The van der Waals surface area contributed by atoms with E-state index in [1.54, 1.807) is 12.0 Å². The molecule has 1 heterocycles. The van der Waals surface area contributed by atoms with Gasteiger partial charge < -0.3 is 14.7 Å². The molecule has 0 saturated carbocycles. The highest BCUT2D eigenvalue weighted by Gasteiger charge is 2.29. The monoisotopic (exact) mass is 201 g/mol. The molecule has 0 bridgehead atoms. The van der Waals surface area contributed by atoms with Crippen molar-refractivity contribution in [2.75, 3.05) is 20.2 Å². The normalized spacial score (nSPS) is 23.9. The van der Waals surface area contributed by atoms with Gasteiger partial charge in [-0.15, -0.1) is 0 Å². The molecule has 1 fully saturated rings. The van der Waals surface area contributed by atoms with Crippen molar-refractivity contribution in [3.8, 4) is 0 Å². The van der Waals surface area contributed by atoms with Crippen LogP contribution in [0, 0.1) is 0 Å². The maximum Gasteiger partial charge on any atom is 0.251 e. The van der Waals surface area contributed by atoms with Gasteiger partial charge in [0.2, 0.25) is 0 Å². The van der Waals surface area contributed by atoms with Crippen LogP contribution in [0.2, 0.25) is 0 Å². The number of methoxy groups -OCH3 is 1. The number of carbonyl (C=O) groups is 1. The highest BCUT2D eigenvalue weighted by Crippen LogP contribution is 2.14. The third-order valence-corrected chi connectivity index (χ3v) is 2.64. The second kappa shape index (κ2) is 5.32. The maximum absolute atomic E-state index is 11.6. The van der Waals surface area contributed by atoms with Crippen LogP contribution >= 0.6 is 0 Å². The van der Waals surface area contributed by atoms with Gasteiger partial charge in [0, 0.05) is 20.2 Å². The van der Waals surface area contributed by atoms with Crippen molar-refractivity contribution >= 4 is 5.91 Å². The molecule has 2 atom stereocenters. The third-order valence-electron chi connectivity index (χ3n) is 2.64. The molecular weight excluding hydrogens is 182 g/mol. The van der Waals surface area contributed by atoms with Crippen LogP contribution in [0.4, 0.5) is 0 Å². The molecular formula is C10H19NO3. The van der Waals surface area contributed by atoms with Crippen LogP contribution in [0.5, 0.6) is 0 Å². The summed E-state index contributed by atoms with van der Waals surface area (Å²) < 4.78 is 5.16. The van der Waals surface area contributed by atoms with E-state index in [0.29, 0.717) is 19.5 Å². The number of hydrogen-bond donors (Lipinski definition) is 1. The Balaban J connectivity index is 2.38. The number of amides is 1. The lowest BCUT2D eigenvalue weighted by atomic mass is 10.2. The van der Waals surface area contributed by atoms with Gasteiger partial charge in [0.1, 0.15) is 6.10 Å². The first-order chi connectivity index (χ1) is 6.69. The summed E-state index contributed by atoms with van der Waals surface area (Å²) in [5.41, 5.74) is 0. The fraction of sp³-hybridized carbons (Fsp3) is 0.900. The molecule has 2 unspecified atom stereocenters. The molecule has 0 aromatic rings. The van der Waals surface area contributed by atoms with E-state index < -0.39 is 6.10 Å². The van der Waals surface area contributed by atoms with E-state index in [9.17, 15) is 9.90 Å². The lowest BCUT2D eigenvalue weighted by Gasteiger charge is -2.19.